The normalized spacial score (nSPS) is 10.0. The van der Waals surface area contributed by atoms with E-state index in [1.54, 1.807) is 30.3 Å². The van der Waals surface area contributed by atoms with Gasteiger partial charge in [0.1, 0.15) is 5.75 Å². The number of ketones is 1. The Bertz CT molecular complexity index is 664. The molecule has 0 atom stereocenters. The van der Waals surface area contributed by atoms with E-state index in [0.29, 0.717) is 24.2 Å². The number of hydrogen-bond donors (Lipinski definition) is 1. The van der Waals surface area contributed by atoms with Gasteiger partial charge in [-0.1, -0.05) is 24.3 Å². The zero-order valence-corrected chi connectivity index (χ0v) is 12.4. The second-order valence-corrected chi connectivity index (χ2v) is 4.88. The van der Waals surface area contributed by atoms with Gasteiger partial charge < -0.3 is 10.0 Å². The molecule has 0 amide bonds. The number of phenols is 1. The highest BCUT2D eigenvalue weighted by molar-refractivity contribution is 6.10. The van der Waals surface area contributed by atoms with Gasteiger partial charge in [-0.05, 0) is 36.4 Å². The number of rotatable bonds is 7. The third-order valence-corrected chi connectivity index (χ3v) is 3.34. The summed E-state index contributed by atoms with van der Waals surface area (Å²) in [6.07, 6.45) is 3.65. The molecular weight excluding hydrogens is 274 g/mol. The minimum Gasteiger partial charge on any atom is -0.507 e. The number of aromatic hydroxyl groups is 1. The highest BCUT2D eigenvalue weighted by Gasteiger charge is 2.13. The molecule has 0 saturated carbocycles. The number of hydrogen-bond acceptors (Lipinski definition) is 3. The van der Waals surface area contributed by atoms with E-state index in [-0.39, 0.29) is 11.5 Å². The number of para-hydroxylation sites is 1. The van der Waals surface area contributed by atoms with E-state index in [0.717, 1.165) is 5.69 Å². The first-order valence-electron chi connectivity index (χ1n) is 7.07. The Balaban J connectivity index is 2.24. The fourth-order valence-corrected chi connectivity index (χ4v) is 2.24. The van der Waals surface area contributed by atoms with Crippen molar-refractivity contribution in [3.8, 4) is 5.75 Å². The van der Waals surface area contributed by atoms with E-state index in [2.05, 4.69) is 18.1 Å². The number of phenolic OH excluding ortho intramolecular Hbond substituents is 1. The van der Waals surface area contributed by atoms with Crippen molar-refractivity contribution in [2.75, 3.05) is 18.0 Å². The predicted molar refractivity (Wildman–Crippen MR) is 90.6 cm³/mol. The van der Waals surface area contributed by atoms with Gasteiger partial charge >= 0.3 is 0 Å². The van der Waals surface area contributed by atoms with Crippen molar-refractivity contribution >= 4 is 11.5 Å². The summed E-state index contributed by atoms with van der Waals surface area (Å²) in [4.78, 5) is 14.5. The largest absolute Gasteiger partial charge is 0.507 e. The van der Waals surface area contributed by atoms with E-state index < -0.39 is 0 Å². The van der Waals surface area contributed by atoms with Gasteiger partial charge in [0.2, 0.25) is 0 Å². The molecule has 2 aromatic rings. The van der Waals surface area contributed by atoms with Gasteiger partial charge in [-0.15, -0.1) is 13.2 Å². The lowest BCUT2D eigenvalue weighted by atomic mass is 10.0. The van der Waals surface area contributed by atoms with Gasteiger partial charge in [-0.3, -0.25) is 4.79 Å². The SMILES string of the molecule is C=CCN(CC=C)c1ccc(C(=O)c2ccccc2O)cc1. The molecule has 0 fully saturated rings. The molecule has 2 aromatic carbocycles. The molecule has 0 radical (unpaired) electrons. The van der Waals surface area contributed by atoms with E-state index in [4.69, 9.17) is 0 Å². The average molecular weight is 293 g/mol. The lowest BCUT2D eigenvalue weighted by molar-refractivity contribution is 0.103. The van der Waals surface area contributed by atoms with Gasteiger partial charge in [-0.2, -0.15) is 0 Å². The van der Waals surface area contributed by atoms with Crippen LogP contribution in [-0.4, -0.2) is 24.0 Å². The van der Waals surface area contributed by atoms with Gasteiger partial charge in [0.25, 0.3) is 0 Å². The van der Waals surface area contributed by atoms with Crippen LogP contribution in [0.2, 0.25) is 0 Å². The molecule has 0 heterocycles. The van der Waals surface area contributed by atoms with Crippen molar-refractivity contribution in [3.05, 3.63) is 85.0 Å². The fourth-order valence-electron chi connectivity index (χ4n) is 2.24. The van der Waals surface area contributed by atoms with Crippen LogP contribution in [0, 0.1) is 0 Å². The topological polar surface area (TPSA) is 40.5 Å². The maximum absolute atomic E-state index is 12.4. The molecule has 0 aliphatic heterocycles. The zero-order valence-electron chi connectivity index (χ0n) is 12.4. The van der Waals surface area contributed by atoms with Crippen LogP contribution >= 0.6 is 0 Å². The highest BCUT2D eigenvalue weighted by atomic mass is 16.3. The van der Waals surface area contributed by atoms with Crippen LogP contribution in [0.4, 0.5) is 5.69 Å². The summed E-state index contributed by atoms with van der Waals surface area (Å²) in [5, 5.41) is 9.77. The second kappa shape index (κ2) is 7.27. The molecule has 0 aliphatic rings. The fraction of sp³-hybridized carbons (Fsp3) is 0.105. The van der Waals surface area contributed by atoms with Crippen LogP contribution in [0.25, 0.3) is 0 Å². The summed E-state index contributed by atoms with van der Waals surface area (Å²) in [5.41, 5.74) is 1.85. The number of carbonyl (C=O) groups is 1. The van der Waals surface area contributed by atoms with Crippen molar-refractivity contribution in [1.82, 2.24) is 0 Å². The molecule has 0 saturated heterocycles. The summed E-state index contributed by atoms with van der Waals surface area (Å²) >= 11 is 0. The van der Waals surface area contributed by atoms with E-state index in [1.165, 1.54) is 6.07 Å². The smallest absolute Gasteiger partial charge is 0.196 e. The Morgan fingerprint density at radius 3 is 2.14 bits per heavy atom. The maximum Gasteiger partial charge on any atom is 0.196 e. The van der Waals surface area contributed by atoms with Crippen molar-refractivity contribution < 1.29 is 9.90 Å². The van der Waals surface area contributed by atoms with Crippen LogP contribution in [-0.2, 0) is 0 Å². The summed E-state index contributed by atoms with van der Waals surface area (Å²) in [6, 6.07) is 13.9. The minimum atomic E-state index is -0.191. The van der Waals surface area contributed by atoms with Gasteiger partial charge in [-0.25, -0.2) is 0 Å². The highest BCUT2D eigenvalue weighted by Crippen LogP contribution is 2.22. The van der Waals surface area contributed by atoms with Crippen molar-refractivity contribution in [1.29, 1.82) is 0 Å². The standard InChI is InChI=1S/C19H19NO2/c1-3-13-20(14-4-2)16-11-9-15(10-12-16)19(22)17-7-5-6-8-18(17)21/h3-12,21H,1-2,13-14H2. The molecule has 1 N–H and O–H groups in total. The average Bonchev–Trinajstić information content (AvgIpc) is 2.55. The van der Waals surface area contributed by atoms with Gasteiger partial charge in [0, 0.05) is 24.3 Å². The third-order valence-electron chi connectivity index (χ3n) is 3.34. The second-order valence-electron chi connectivity index (χ2n) is 4.88. The molecule has 0 spiro atoms. The molecule has 3 nitrogen and oxygen atoms in total. The van der Waals surface area contributed by atoms with Gasteiger partial charge in [0.15, 0.2) is 5.78 Å². The summed E-state index contributed by atoms with van der Waals surface area (Å²) < 4.78 is 0. The van der Waals surface area contributed by atoms with E-state index >= 15 is 0 Å². The Labute approximate surface area is 130 Å². The van der Waals surface area contributed by atoms with Gasteiger partial charge in [0.05, 0.1) is 5.56 Å². The lowest BCUT2D eigenvalue weighted by Gasteiger charge is -2.21. The first kappa shape index (κ1) is 15.6. The molecule has 22 heavy (non-hydrogen) atoms. The molecule has 0 aliphatic carbocycles. The molecular formula is C19H19NO2. The third kappa shape index (κ3) is 3.44. The van der Waals surface area contributed by atoms with E-state index in [1.807, 2.05) is 24.3 Å². The van der Waals surface area contributed by atoms with Crippen LogP contribution in [0.15, 0.2) is 73.8 Å². The van der Waals surface area contributed by atoms with Crippen molar-refractivity contribution in [2.24, 2.45) is 0 Å². The van der Waals surface area contributed by atoms with Crippen LogP contribution in [0.5, 0.6) is 5.75 Å². The summed E-state index contributed by atoms with van der Waals surface area (Å²) in [7, 11) is 0. The molecule has 112 valence electrons. The number of benzene rings is 2. The van der Waals surface area contributed by atoms with Crippen LogP contribution < -0.4 is 4.90 Å². The monoisotopic (exact) mass is 293 g/mol. The summed E-state index contributed by atoms with van der Waals surface area (Å²) in [5.74, 6) is -0.194. The Morgan fingerprint density at radius 1 is 1.00 bits per heavy atom. The zero-order chi connectivity index (χ0) is 15.9. The quantitative estimate of drug-likeness (QED) is 0.623. The van der Waals surface area contributed by atoms with E-state index in [9.17, 15) is 9.90 Å². The summed E-state index contributed by atoms with van der Waals surface area (Å²) in [6.45, 7) is 8.91. The van der Waals surface area contributed by atoms with Crippen molar-refractivity contribution in [3.63, 3.8) is 0 Å². The molecule has 0 unspecified atom stereocenters. The molecule has 0 bridgehead atoms. The number of anilines is 1. The molecule has 2 rings (SSSR count). The first-order chi connectivity index (χ1) is 10.7. The van der Waals surface area contributed by atoms with Crippen molar-refractivity contribution in [2.45, 2.75) is 0 Å². The van der Waals surface area contributed by atoms with Crippen LogP contribution in [0.1, 0.15) is 15.9 Å². The lowest BCUT2D eigenvalue weighted by Crippen LogP contribution is -2.23. The minimum absolute atomic E-state index is 0.00322. The van der Waals surface area contributed by atoms with Crippen LogP contribution in [0.3, 0.4) is 0 Å². The molecule has 0 aromatic heterocycles. The number of carbonyl (C=O) groups excluding carboxylic acids is 1. The Kier molecular flexibility index (Phi) is 5.15. The predicted octanol–water partition coefficient (Wildman–Crippen LogP) is 3.80. The first-order valence-corrected chi connectivity index (χ1v) is 7.07. The Morgan fingerprint density at radius 2 is 1.59 bits per heavy atom. The molecule has 3 heteroatoms. The number of nitrogens with zero attached hydrogens (tertiary/aromatic N) is 1. The maximum atomic E-state index is 12.4. The Hall–Kier alpha value is -2.81.